The van der Waals surface area contributed by atoms with Crippen LogP contribution in [0.2, 0.25) is 0 Å². The Morgan fingerprint density at radius 1 is 1.31 bits per heavy atom. The van der Waals surface area contributed by atoms with E-state index < -0.39 is 10.8 Å². The van der Waals surface area contributed by atoms with Gasteiger partial charge in [0.05, 0.1) is 34.4 Å². The lowest BCUT2D eigenvalue weighted by Gasteiger charge is -2.11. The Balaban J connectivity index is 2.08. The molecule has 1 aromatic carbocycles. The van der Waals surface area contributed by atoms with Gasteiger partial charge in [-0.05, 0) is 26.0 Å². The van der Waals surface area contributed by atoms with Crippen molar-refractivity contribution in [2.24, 2.45) is 7.05 Å². The zero-order valence-corrected chi connectivity index (χ0v) is 14.7. The van der Waals surface area contributed by atoms with Gasteiger partial charge in [0.1, 0.15) is 5.75 Å². The first-order valence-electron chi connectivity index (χ1n) is 7.76. The molecule has 0 fully saturated rings. The van der Waals surface area contributed by atoms with Gasteiger partial charge in [-0.15, -0.1) is 0 Å². The number of amides is 1. The summed E-state index contributed by atoms with van der Waals surface area (Å²) in [6, 6.07) is 5.68. The van der Waals surface area contributed by atoms with E-state index >= 15 is 0 Å². The zero-order chi connectivity index (χ0) is 19.0. The summed E-state index contributed by atoms with van der Waals surface area (Å²) in [5.74, 6) is -0.0933. The number of fused-ring (bicyclic) bond motifs is 1. The van der Waals surface area contributed by atoms with Crippen LogP contribution in [-0.4, -0.2) is 32.7 Å². The van der Waals surface area contributed by atoms with Crippen molar-refractivity contribution in [1.82, 2.24) is 14.8 Å². The maximum atomic E-state index is 12.9. The smallest absolute Gasteiger partial charge is 0.271 e. The van der Waals surface area contributed by atoms with Crippen molar-refractivity contribution in [3.63, 3.8) is 0 Å². The lowest BCUT2D eigenvalue weighted by molar-refractivity contribution is -0.384. The molecule has 0 aliphatic carbocycles. The molecule has 9 heteroatoms. The number of nitro benzene ring substituents is 1. The second-order valence-electron chi connectivity index (χ2n) is 5.81. The van der Waals surface area contributed by atoms with Crippen LogP contribution in [0.5, 0.6) is 5.75 Å². The highest BCUT2D eigenvalue weighted by Gasteiger charge is 2.20. The molecule has 1 N–H and O–H groups in total. The van der Waals surface area contributed by atoms with E-state index in [1.54, 1.807) is 31.6 Å². The number of rotatable bonds is 4. The van der Waals surface area contributed by atoms with Crippen LogP contribution in [0.25, 0.3) is 11.0 Å². The number of nitrogens with zero attached hydrogens (tertiary/aromatic N) is 4. The number of aryl methyl sites for hydroxylation is 3. The molecule has 2 heterocycles. The van der Waals surface area contributed by atoms with Gasteiger partial charge in [-0.3, -0.25) is 19.6 Å². The molecule has 134 valence electrons. The number of methoxy groups -OCH3 is 1. The Morgan fingerprint density at radius 3 is 2.69 bits per heavy atom. The standard InChI is InChI=1S/C17H17N5O4/c1-9-7-12(15-10(2)20-21(3)16(15)18-9)17(23)19-13-8-11(22(24)25)5-6-14(13)26-4/h5-8H,1-4H3,(H,19,23). The number of carbonyl (C=O) groups is 1. The van der Waals surface area contributed by atoms with E-state index in [2.05, 4.69) is 15.4 Å². The summed E-state index contributed by atoms with van der Waals surface area (Å²) in [5.41, 5.74) is 2.40. The number of nitro groups is 1. The van der Waals surface area contributed by atoms with Crippen molar-refractivity contribution < 1.29 is 14.5 Å². The normalized spacial score (nSPS) is 10.8. The number of pyridine rings is 1. The third kappa shape index (κ3) is 2.94. The molecule has 0 atom stereocenters. The van der Waals surface area contributed by atoms with Gasteiger partial charge in [0.25, 0.3) is 11.6 Å². The lowest BCUT2D eigenvalue weighted by Crippen LogP contribution is -2.14. The van der Waals surface area contributed by atoms with Gasteiger partial charge >= 0.3 is 0 Å². The summed E-state index contributed by atoms with van der Waals surface area (Å²) in [5, 5.41) is 18.7. The van der Waals surface area contributed by atoms with E-state index in [0.717, 1.165) is 0 Å². The van der Waals surface area contributed by atoms with E-state index in [4.69, 9.17) is 4.74 Å². The fourth-order valence-electron chi connectivity index (χ4n) is 2.85. The number of anilines is 1. The fourth-order valence-corrected chi connectivity index (χ4v) is 2.85. The van der Waals surface area contributed by atoms with Crippen molar-refractivity contribution in [3.05, 3.63) is 51.3 Å². The molecule has 3 rings (SSSR count). The van der Waals surface area contributed by atoms with Gasteiger partial charge in [-0.1, -0.05) is 0 Å². The van der Waals surface area contributed by atoms with Crippen molar-refractivity contribution in [2.45, 2.75) is 13.8 Å². The quantitative estimate of drug-likeness (QED) is 0.569. The minimum Gasteiger partial charge on any atom is -0.495 e. The predicted octanol–water partition coefficient (Wildman–Crippen LogP) is 2.75. The number of hydrogen-bond acceptors (Lipinski definition) is 6. The van der Waals surface area contributed by atoms with E-state index in [1.807, 2.05) is 0 Å². The van der Waals surface area contributed by atoms with Gasteiger partial charge in [0, 0.05) is 24.9 Å². The molecule has 0 aliphatic heterocycles. The van der Waals surface area contributed by atoms with E-state index in [-0.39, 0.29) is 11.4 Å². The SMILES string of the molecule is COc1ccc([N+](=O)[O-])cc1NC(=O)c1cc(C)nc2c1c(C)nn2C. The topological polar surface area (TPSA) is 112 Å². The summed E-state index contributed by atoms with van der Waals surface area (Å²) in [6.45, 7) is 3.58. The predicted molar refractivity (Wildman–Crippen MR) is 95.6 cm³/mol. The number of hydrogen-bond donors (Lipinski definition) is 1. The van der Waals surface area contributed by atoms with E-state index in [1.165, 1.54) is 25.3 Å². The molecule has 0 saturated heterocycles. The Labute approximate surface area is 148 Å². The van der Waals surface area contributed by atoms with Crippen molar-refractivity contribution in [1.29, 1.82) is 0 Å². The Morgan fingerprint density at radius 2 is 2.04 bits per heavy atom. The lowest BCUT2D eigenvalue weighted by atomic mass is 10.1. The first-order chi connectivity index (χ1) is 12.3. The largest absolute Gasteiger partial charge is 0.495 e. The Bertz CT molecular complexity index is 1040. The van der Waals surface area contributed by atoms with Crippen molar-refractivity contribution in [2.75, 3.05) is 12.4 Å². The van der Waals surface area contributed by atoms with Gasteiger partial charge in [0.2, 0.25) is 0 Å². The molecule has 9 nitrogen and oxygen atoms in total. The van der Waals surface area contributed by atoms with Crippen LogP contribution in [0, 0.1) is 24.0 Å². The summed E-state index contributed by atoms with van der Waals surface area (Å²) in [6.07, 6.45) is 0. The molecular formula is C17H17N5O4. The molecule has 0 bridgehead atoms. The molecule has 0 saturated carbocycles. The molecule has 0 unspecified atom stereocenters. The van der Waals surface area contributed by atoms with Crippen LogP contribution < -0.4 is 10.1 Å². The molecule has 0 radical (unpaired) electrons. The van der Waals surface area contributed by atoms with Gasteiger partial charge in [0.15, 0.2) is 5.65 Å². The average molecular weight is 355 g/mol. The van der Waals surface area contributed by atoms with Crippen LogP contribution in [0.4, 0.5) is 11.4 Å². The number of benzene rings is 1. The van der Waals surface area contributed by atoms with Gasteiger partial charge < -0.3 is 10.1 Å². The maximum Gasteiger partial charge on any atom is 0.271 e. The number of non-ortho nitro benzene ring substituents is 1. The Hall–Kier alpha value is -3.49. The third-order valence-corrected chi connectivity index (χ3v) is 3.98. The summed E-state index contributed by atoms with van der Waals surface area (Å²) >= 11 is 0. The highest BCUT2D eigenvalue weighted by molar-refractivity contribution is 6.13. The number of nitrogens with one attached hydrogen (secondary N) is 1. The monoisotopic (exact) mass is 355 g/mol. The Kier molecular flexibility index (Phi) is 4.29. The van der Waals surface area contributed by atoms with Crippen LogP contribution in [0.3, 0.4) is 0 Å². The van der Waals surface area contributed by atoms with Gasteiger partial charge in [-0.25, -0.2) is 4.98 Å². The van der Waals surface area contributed by atoms with Crippen molar-refractivity contribution >= 4 is 28.3 Å². The molecular weight excluding hydrogens is 338 g/mol. The fraction of sp³-hybridized carbons (Fsp3) is 0.235. The molecule has 26 heavy (non-hydrogen) atoms. The van der Waals surface area contributed by atoms with Gasteiger partial charge in [-0.2, -0.15) is 5.10 Å². The van der Waals surface area contributed by atoms with E-state index in [9.17, 15) is 14.9 Å². The van der Waals surface area contributed by atoms with Crippen LogP contribution >= 0.6 is 0 Å². The van der Waals surface area contributed by atoms with Crippen LogP contribution in [-0.2, 0) is 7.05 Å². The first kappa shape index (κ1) is 17.3. The first-order valence-corrected chi connectivity index (χ1v) is 7.76. The number of carbonyl (C=O) groups excluding carboxylic acids is 1. The molecule has 3 aromatic rings. The molecule has 0 spiro atoms. The van der Waals surface area contributed by atoms with Crippen LogP contribution in [0.1, 0.15) is 21.7 Å². The molecule has 0 aliphatic rings. The maximum absolute atomic E-state index is 12.9. The third-order valence-electron chi connectivity index (χ3n) is 3.98. The highest BCUT2D eigenvalue weighted by Crippen LogP contribution is 2.30. The zero-order valence-electron chi connectivity index (χ0n) is 14.7. The van der Waals surface area contributed by atoms with Crippen LogP contribution in [0.15, 0.2) is 24.3 Å². The van der Waals surface area contributed by atoms with Crippen molar-refractivity contribution in [3.8, 4) is 5.75 Å². The minimum atomic E-state index is -0.533. The summed E-state index contributed by atoms with van der Waals surface area (Å²) in [7, 11) is 3.18. The highest BCUT2D eigenvalue weighted by atomic mass is 16.6. The summed E-state index contributed by atoms with van der Waals surface area (Å²) < 4.78 is 6.80. The van der Waals surface area contributed by atoms with E-state index in [0.29, 0.717) is 33.7 Å². The second-order valence-corrected chi connectivity index (χ2v) is 5.81. The summed E-state index contributed by atoms with van der Waals surface area (Å²) in [4.78, 5) is 27.8. The second kappa shape index (κ2) is 6.43. The minimum absolute atomic E-state index is 0.144. The number of ether oxygens (including phenoxy) is 1. The number of aromatic nitrogens is 3. The molecule has 2 aromatic heterocycles. The average Bonchev–Trinajstić information content (AvgIpc) is 2.88. The molecule has 1 amide bonds.